The van der Waals surface area contributed by atoms with Gasteiger partial charge in [0.2, 0.25) is 0 Å². The van der Waals surface area contributed by atoms with Crippen molar-refractivity contribution in [2.45, 2.75) is 0 Å². The Morgan fingerprint density at radius 2 is 1.85 bits per heavy atom. The molecule has 0 unspecified atom stereocenters. The Labute approximate surface area is 126 Å². The van der Waals surface area contributed by atoms with E-state index in [4.69, 9.17) is 18.0 Å². The largest absolute Gasteiger partial charge is 0.389 e. The van der Waals surface area contributed by atoms with Crippen molar-refractivity contribution in [3.63, 3.8) is 0 Å². The number of benzene rings is 2. The first-order chi connectivity index (χ1) is 9.66. The van der Waals surface area contributed by atoms with Crippen LogP contribution in [0.4, 0.5) is 10.7 Å². The van der Waals surface area contributed by atoms with E-state index in [0.29, 0.717) is 4.99 Å². The van der Waals surface area contributed by atoms with E-state index in [1.807, 2.05) is 49.5 Å². The molecule has 0 bridgehead atoms. The van der Waals surface area contributed by atoms with Crippen molar-refractivity contribution in [3.05, 3.63) is 54.1 Å². The number of rotatable bonds is 3. The molecule has 0 saturated carbocycles. The minimum absolute atomic E-state index is 0.419. The second-order valence-electron chi connectivity index (χ2n) is 4.48. The van der Waals surface area contributed by atoms with Gasteiger partial charge in [0.15, 0.2) is 0 Å². The Bertz CT molecular complexity index is 762. The molecule has 1 heterocycles. The summed E-state index contributed by atoms with van der Waals surface area (Å²) in [6, 6.07) is 16.1. The first-order valence-corrected chi connectivity index (χ1v) is 7.33. The lowest BCUT2D eigenvalue weighted by atomic mass is 10.2. The van der Waals surface area contributed by atoms with Gasteiger partial charge in [0.1, 0.15) is 9.99 Å². The predicted octanol–water partition coefficient (Wildman–Crippen LogP) is 3.70. The summed E-state index contributed by atoms with van der Waals surface area (Å²) in [6.45, 7) is 0. The number of thiocarbonyl (C=S) groups is 1. The summed E-state index contributed by atoms with van der Waals surface area (Å²) in [5.74, 6) is 0. The van der Waals surface area contributed by atoms with Crippen LogP contribution in [0, 0.1) is 0 Å². The lowest BCUT2D eigenvalue weighted by Gasteiger charge is -2.17. The molecule has 3 nitrogen and oxygen atoms in total. The third-order valence-corrected chi connectivity index (χ3v) is 4.40. The average molecular weight is 299 g/mol. The van der Waals surface area contributed by atoms with Gasteiger partial charge in [0.25, 0.3) is 0 Å². The van der Waals surface area contributed by atoms with Crippen LogP contribution in [0.2, 0.25) is 0 Å². The van der Waals surface area contributed by atoms with Crippen LogP contribution in [0.1, 0.15) is 5.56 Å². The highest BCUT2D eigenvalue weighted by atomic mass is 32.1. The van der Waals surface area contributed by atoms with E-state index in [9.17, 15) is 0 Å². The van der Waals surface area contributed by atoms with Crippen molar-refractivity contribution in [2.24, 2.45) is 5.73 Å². The van der Waals surface area contributed by atoms with E-state index in [-0.39, 0.29) is 0 Å². The molecule has 0 spiro atoms. The number of fused-ring (bicyclic) bond motifs is 1. The molecule has 0 fully saturated rings. The van der Waals surface area contributed by atoms with Crippen LogP contribution in [0.15, 0.2) is 48.5 Å². The monoisotopic (exact) mass is 299 g/mol. The molecule has 3 aromatic rings. The average Bonchev–Trinajstić information content (AvgIpc) is 2.90. The molecule has 5 heteroatoms. The fraction of sp³-hybridized carbons (Fsp3) is 0.0667. The van der Waals surface area contributed by atoms with E-state index in [2.05, 4.69) is 15.3 Å². The van der Waals surface area contributed by atoms with E-state index < -0.39 is 0 Å². The van der Waals surface area contributed by atoms with Crippen molar-refractivity contribution in [3.8, 4) is 0 Å². The molecular formula is C15H13N3S2. The lowest BCUT2D eigenvalue weighted by Crippen LogP contribution is -2.11. The van der Waals surface area contributed by atoms with Crippen LogP contribution in [-0.2, 0) is 0 Å². The Morgan fingerprint density at radius 1 is 1.15 bits per heavy atom. The van der Waals surface area contributed by atoms with Crippen LogP contribution in [0.5, 0.6) is 0 Å². The molecule has 0 saturated heterocycles. The normalized spacial score (nSPS) is 10.7. The highest BCUT2D eigenvalue weighted by molar-refractivity contribution is 7.80. The third kappa shape index (κ3) is 2.26. The van der Waals surface area contributed by atoms with E-state index >= 15 is 0 Å². The highest BCUT2D eigenvalue weighted by Crippen LogP contribution is 2.34. The Balaban J connectivity index is 1.99. The standard InChI is InChI=1S/C15H13N3S2/c1-18(11-8-6-10(7-9-11)14(16)19)15-12-4-2-3-5-13(12)17-20-15/h2-9H,1H3,(H2,16,19). The smallest absolute Gasteiger partial charge is 0.124 e. The summed E-state index contributed by atoms with van der Waals surface area (Å²) in [5.41, 5.74) is 8.61. The first kappa shape index (κ1) is 13.0. The summed E-state index contributed by atoms with van der Waals surface area (Å²) >= 11 is 6.47. The second-order valence-corrected chi connectivity index (χ2v) is 5.67. The molecule has 0 amide bonds. The molecule has 2 aromatic carbocycles. The fourth-order valence-corrected chi connectivity index (χ4v) is 3.06. The topological polar surface area (TPSA) is 42.1 Å². The zero-order valence-corrected chi connectivity index (χ0v) is 12.5. The minimum atomic E-state index is 0.419. The first-order valence-electron chi connectivity index (χ1n) is 6.15. The summed E-state index contributed by atoms with van der Waals surface area (Å²) in [5, 5.41) is 2.29. The van der Waals surface area contributed by atoms with Gasteiger partial charge in [-0.1, -0.05) is 24.4 Å². The zero-order valence-electron chi connectivity index (χ0n) is 10.9. The van der Waals surface area contributed by atoms with Crippen LogP contribution >= 0.6 is 23.8 Å². The van der Waals surface area contributed by atoms with Gasteiger partial charge in [0.05, 0.1) is 5.52 Å². The number of hydrogen-bond acceptors (Lipinski definition) is 4. The van der Waals surface area contributed by atoms with Gasteiger partial charge in [-0.05, 0) is 47.9 Å². The number of nitrogens with zero attached hydrogens (tertiary/aromatic N) is 2. The second kappa shape index (κ2) is 5.19. The van der Waals surface area contributed by atoms with Gasteiger partial charge in [0, 0.05) is 23.7 Å². The number of anilines is 2. The molecule has 0 atom stereocenters. The van der Waals surface area contributed by atoms with Crippen LogP contribution in [-0.4, -0.2) is 16.4 Å². The third-order valence-electron chi connectivity index (χ3n) is 3.21. The van der Waals surface area contributed by atoms with Gasteiger partial charge < -0.3 is 10.6 Å². The Hall–Kier alpha value is -1.98. The minimum Gasteiger partial charge on any atom is -0.389 e. The number of aromatic nitrogens is 1. The molecule has 0 radical (unpaired) electrons. The summed E-state index contributed by atoms with van der Waals surface area (Å²) in [7, 11) is 2.04. The van der Waals surface area contributed by atoms with E-state index in [1.54, 1.807) is 0 Å². The molecule has 0 aliphatic carbocycles. The highest BCUT2D eigenvalue weighted by Gasteiger charge is 2.11. The Kier molecular flexibility index (Phi) is 3.38. The molecular weight excluding hydrogens is 286 g/mol. The van der Waals surface area contributed by atoms with E-state index in [0.717, 1.165) is 21.8 Å². The van der Waals surface area contributed by atoms with Crippen molar-refractivity contribution < 1.29 is 0 Å². The molecule has 20 heavy (non-hydrogen) atoms. The number of hydrogen-bond donors (Lipinski definition) is 1. The van der Waals surface area contributed by atoms with Gasteiger partial charge in [-0.2, -0.15) is 4.37 Å². The summed E-state index contributed by atoms with van der Waals surface area (Å²) in [4.78, 5) is 2.55. The molecule has 3 rings (SSSR count). The Morgan fingerprint density at radius 3 is 2.55 bits per heavy atom. The lowest BCUT2D eigenvalue weighted by molar-refractivity contribution is 1.25. The van der Waals surface area contributed by atoms with Crippen molar-refractivity contribution in [2.75, 3.05) is 11.9 Å². The van der Waals surface area contributed by atoms with Crippen LogP contribution < -0.4 is 10.6 Å². The van der Waals surface area contributed by atoms with Gasteiger partial charge in [-0.25, -0.2) is 0 Å². The van der Waals surface area contributed by atoms with Crippen molar-refractivity contribution >= 4 is 50.3 Å². The van der Waals surface area contributed by atoms with Gasteiger partial charge in [-0.15, -0.1) is 0 Å². The molecule has 0 aliphatic heterocycles. The SMILES string of the molecule is CN(c1ccc(C(N)=S)cc1)c1snc2ccccc12. The molecule has 0 aliphatic rings. The molecule has 2 N–H and O–H groups in total. The maximum absolute atomic E-state index is 5.62. The molecule has 1 aromatic heterocycles. The van der Waals surface area contributed by atoms with Crippen molar-refractivity contribution in [1.82, 2.24) is 4.37 Å². The summed E-state index contributed by atoms with van der Waals surface area (Å²) in [6.07, 6.45) is 0. The number of nitrogens with two attached hydrogens (primary N) is 1. The van der Waals surface area contributed by atoms with Gasteiger partial charge in [-0.3, -0.25) is 0 Å². The maximum Gasteiger partial charge on any atom is 0.124 e. The summed E-state index contributed by atoms with van der Waals surface area (Å²) < 4.78 is 4.47. The fourth-order valence-electron chi connectivity index (χ4n) is 2.08. The molecule has 100 valence electrons. The van der Waals surface area contributed by atoms with Crippen molar-refractivity contribution in [1.29, 1.82) is 0 Å². The van der Waals surface area contributed by atoms with Crippen LogP contribution in [0.25, 0.3) is 10.9 Å². The maximum atomic E-state index is 5.62. The zero-order chi connectivity index (χ0) is 14.1. The van der Waals surface area contributed by atoms with E-state index in [1.165, 1.54) is 16.9 Å². The predicted molar refractivity (Wildman–Crippen MR) is 90.0 cm³/mol. The van der Waals surface area contributed by atoms with Gasteiger partial charge >= 0.3 is 0 Å². The quantitative estimate of drug-likeness (QED) is 0.749. The van der Waals surface area contributed by atoms with Crippen LogP contribution in [0.3, 0.4) is 0 Å².